The summed E-state index contributed by atoms with van der Waals surface area (Å²) in [4.78, 5) is 0. The van der Waals surface area contributed by atoms with E-state index in [0.717, 1.165) is 6.42 Å². The van der Waals surface area contributed by atoms with Crippen molar-refractivity contribution in [2.75, 3.05) is 19.8 Å². The molecule has 2 aliphatic rings. The van der Waals surface area contributed by atoms with E-state index in [9.17, 15) is 25.5 Å². The lowest BCUT2D eigenvalue weighted by Gasteiger charge is -2.40. The highest BCUT2D eigenvalue weighted by atomic mass is 35.5. The first-order chi connectivity index (χ1) is 15.4. The second kappa shape index (κ2) is 10.0. The van der Waals surface area contributed by atoms with Crippen molar-refractivity contribution < 1.29 is 39.7 Å². The third-order valence-corrected chi connectivity index (χ3v) is 6.27. The van der Waals surface area contributed by atoms with Crippen LogP contribution >= 0.6 is 11.6 Å². The van der Waals surface area contributed by atoms with E-state index in [-0.39, 0.29) is 6.10 Å². The van der Waals surface area contributed by atoms with E-state index >= 15 is 0 Å². The molecule has 0 aromatic heterocycles. The highest BCUT2D eigenvalue weighted by Crippen LogP contribution is 2.36. The Balaban J connectivity index is 1.54. The molecule has 0 amide bonds. The van der Waals surface area contributed by atoms with Crippen molar-refractivity contribution in [2.45, 2.75) is 49.1 Å². The first-order valence-corrected chi connectivity index (χ1v) is 10.9. The summed E-state index contributed by atoms with van der Waals surface area (Å²) in [7, 11) is 0. The quantitative estimate of drug-likeness (QED) is 0.428. The number of halogens is 1. The predicted octanol–water partition coefficient (Wildman–Crippen LogP) is 1.10. The summed E-state index contributed by atoms with van der Waals surface area (Å²) in [5.41, 5.74) is 1.42. The third-order valence-electron chi connectivity index (χ3n) is 5.92. The molecule has 2 fully saturated rings. The van der Waals surface area contributed by atoms with Gasteiger partial charge in [0, 0.05) is 17.0 Å². The van der Waals surface area contributed by atoms with Crippen LogP contribution in [0, 0.1) is 0 Å². The van der Waals surface area contributed by atoms with Crippen LogP contribution in [0.3, 0.4) is 0 Å². The van der Waals surface area contributed by atoms with E-state index in [1.165, 1.54) is 0 Å². The van der Waals surface area contributed by atoms with Crippen molar-refractivity contribution in [3.63, 3.8) is 0 Å². The molecule has 2 aliphatic heterocycles. The van der Waals surface area contributed by atoms with Crippen molar-refractivity contribution in [2.24, 2.45) is 0 Å². The second-order valence-electron chi connectivity index (χ2n) is 8.11. The topological polar surface area (TPSA) is 129 Å². The number of benzene rings is 2. The van der Waals surface area contributed by atoms with Gasteiger partial charge in [0.2, 0.25) is 0 Å². The van der Waals surface area contributed by atoms with Gasteiger partial charge >= 0.3 is 0 Å². The van der Waals surface area contributed by atoms with E-state index in [4.69, 9.17) is 25.8 Å². The third kappa shape index (κ3) is 4.78. The highest BCUT2D eigenvalue weighted by Gasteiger charge is 2.44. The molecule has 5 N–H and O–H groups in total. The molecule has 9 heteroatoms. The molecule has 7 atom stereocenters. The number of ether oxygens (including phenoxy) is 3. The van der Waals surface area contributed by atoms with Crippen molar-refractivity contribution in [3.8, 4) is 5.75 Å². The van der Waals surface area contributed by atoms with Gasteiger partial charge in [-0.3, -0.25) is 0 Å². The molecular formula is C23H27ClO8. The molecule has 0 spiro atoms. The lowest BCUT2D eigenvalue weighted by Crippen LogP contribution is -2.55. The van der Waals surface area contributed by atoms with Gasteiger partial charge in [-0.25, -0.2) is 0 Å². The van der Waals surface area contributed by atoms with Gasteiger partial charge in [0.25, 0.3) is 0 Å². The summed E-state index contributed by atoms with van der Waals surface area (Å²) in [6.07, 6.45) is -6.60. The Morgan fingerprint density at radius 3 is 2.44 bits per heavy atom. The zero-order chi connectivity index (χ0) is 22.8. The largest absolute Gasteiger partial charge is 0.488 e. The van der Waals surface area contributed by atoms with Crippen LogP contribution in [0.1, 0.15) is 35.3 Å². The SMILES string of the molecule is OCC1O[C@@H](c2ccc(Cl)c(C(O)c3ccc(OC4CCOC4)cc3)c2)[C@H](O)[C@@H](O)[C@@H]1O. The van der Waals surface area contributed by atoms with Crippen LogP contribution in [-0.2, 0) is 9.47 Å². The average molecular weight is 467 g/mol. The monoisotopic (exact) mass is 466 g/mol. The summed E-state index contributed by atoms with van der Waals surface area (Å²) in [5, 5.41) is 51.2. The molecule has 0 radical (unpaired) electrons. The van der Waals surface area contributed by atoms with Gasteiger partial charge in [0.1, 0.15) is 48.5 Å². The summed E-state index contributed by atoms with van der Waals surface area (Å²) in [5.74, 6) is 0.678. The van der Waals surface area contributed by atoms with E-state index in [0.29, 0.717) is 40.7 Å². The number of rotatable bonds is 6. The van der Waals surface area contributed by atoms with Crippen molar-refractivity contribution in [1.29, 1.82) is 0 Å². The molecule has 2 aromatic rings. The minimum atomic E-state index is -1.49. The fourth-order valence-corrected chi connectivity index (χ4v) is 4.25. The van der Waals surface area contributed by atoms with E-state index in [1.54, 1.807) is 42.5 Å². The van der Waals surface area contributed by atoms with Gasteiger partial charge in [0.15, 0.2) is 0 Å². The lowest BCUT2D eigenvalue weighted by atomic mass is 9.89. The van der Waals surface area contributed by atoms with Crippen LogP contribution in [-0.4, -0.2) is 75.9 Å². The van der Waals surface area contributed by atoms with Crippen molar-refractivity contribution >= 4 is 11.6 Å². The molecule has 174 valence electrons. The minimum Gasteiger partial charge on any atom is -0.488 e. The fraction of sp³-hybridized carbons (Fsp3) is 0.478. The fourth-order valence-electron chi connectivity index (χ4n) is 4.03. The minimum absolute atomic E-state index is 0.0236. The summed E-state index contributed by atoms with van der Waals surface area (Å²) in [6.45, 7) is 0.724. The molecule has 8 nitrogen and oxygen atoms in total. The zero-order valence-corrected chi connectivity index (χ0v) is 18.0. The zero-order valence-electron chi connectivity index (χ0n) is 17.3. The normalized spacial score (nSPS) is 31.4. The number of aliphatic hydroxyl groups is 5. The Kier molecular flexibility index (Phi) is 7.34. The Morgan fingerprint density at radius 2 is 1.78 bits per heavy atom. The van der Waals surface area contributed by atoms with Crippen LogP contribution in [0.5, 0.6) is 5.75 Å². The average Bonchev–Trinajstić information content (AvgIpc) is 3.31. The molecule has 2 aromatic carbocycles. The smallest absolute Gasteiger partial charge is 0.124 e. The van der Waals surface area contributed by atoms with Crippen LogP contribution < -0.4 is 4.74 Å². The van der Waals surface area contributed by atoms with E-state index < -0.39 is 43.2 Å². The van der Waals surface area contributed by atoms with E-state index in [1.807, 2.05) is 0 Å². The van der Waals surface area contributed by atoms with Gasteiger partial charge in [0.05, 0.1) is 19.8 Å². The Morgan fingerprint density at radius 1 is 1.03 bits per heavy atom. The molecule has 32 heavy (non-hydrogen) atoms. The molecule has 0 saturated carbocycles. The van der Waals surface area contributed by atoms with Crippen molar-refractivity contribution in [1.82, 2.24) is 0 Å². The van der Waals surface area contributed by atoms with E-state index in [2.05, 4.69) is 0 Å². The van der Waals surface area contributed by atoms with Crippen LogP contribution in [0.4, 0.5) is 0 Å². The highest BCUT2D eigenvalue weighted by molar-refractivity contribution is 6.31. The van der Waals surface area contributed by atoms with Gasteiger partial charge < -0.3 is 39.7 Å². The maximum atomic E-state index is 11.0. The summed E-state index contributed by atoms with van der Waals surface area (Å²) in [6, 6.07) is 11.8. The molecule has 3 unspecified atom stereocenters. The maximum Gasteiger partial charge on any atom is 0.124 e. The van der Waals surface area contributed by atoms with Crippen molar-refractivity contribution in [3.05, 3.63) is 64.2 Å². The molecule has 0 aliphatic carbocycles. The first-order valence-electron chi connectivity index (χ1n) is 10.5. The van der Waals surface area contributed by atoms with Gasteiger partial charge in [-0.2, -0.15) is 0 Å². The summed E-state index contributed by atoms with van der Waals surface area (Å²) >= 11 is 6.34. The Labute approximate surface area is 190 Å². The van der Waals surface area contributed by atoms with Gasteiger partial charge in [-0.1, -0.05) is 29.8 Å². The van der Waals surface area contributed by atoms with Gasteiger partial charge in [-0.15, -0.1) is 0 Å². The van der Waals surface area contributed by atoms with Crippen LogP contribution in [0.25, 0.3) is 0 Å². The summed E-state index contributed by atoms with van der Waals surface area (Å²) < 4.78 is 16.8. The number of aliphatic hydroxyl groups excluding tert-OH is 5. The van der Waals surface area contributed by atoms with Crippen LogP contribution in [0.15, 0.2) is 42.5 Å². The molecule has 2 heterocycles. The maximum absolute atomic E-state index is 11.0. The molecular weight excluding hydrogens is 440 g/mol. The van der Waals surface area contributed by atoms with Gasteiger partial charge in [-0.05, 0) is 35.4 Å². The number of hydrogen-bond donors (Lipinski definition) is 5. The predicted molar refractivity (Wildman–Crippen MR) is 115 cm³/mol. The van der Waals surface area contributed by atoms with Crippen LogP contribution in [0.2, 0.25) is 5.02 Å². The molecule has 4 rings (SSSR count). The standard InChI is InChI=1S/C23H27ClO8/c24-17-6-3-13(23-22(29)21(28)20(27)18(10-25)32-23)9-16(17)19(26)12-1-4-14(5-2-12)31-15-7-8-30-11-15/h1-6,9,15,18-23,25-29H,7-8,10-11H2/t15?,18?,19?,20-,21+,22-,23+/m1/s1. The molecule has 0 bridgehead atoms. The first kappa shape index (κ1) is 23.4. The Bertz CT molecular complexity index is 899. The molecule has 2 saturated heterocycles. The lowest BCUT2D eigenvalue weighted by molar-refractivity contribution is -0.231. The Hall–Kier alpha value is -1.75. The second-order valence-corrected chi connectivity index (χ2v) is 8.51. The number of hydrogen-bond acceptors (Lipinski definition) is 8.